The summed E-state index contributed by atoms with van der Waals surface area (Å²) in [5.41, 5.74) is 0. The van der Waals surface area contributed by atoms with Crippen LogP contribution in [0.15, 0.2) is 29.2 Å². The molecule has 1 radical (unpaired) electrons. The fraction of sp³-hybridized carbons (Fsp3) is 0.143. The zero-order valence-corrected chi connectivity index (χ0v) is 4.55. The topological polar surface area (TPSA) is 13.1 Å². The van der Waals surface area contributed by atoms with Gasteiger partial charge >= 0.3 is 0 Å². The van der Waals surface area contributed by atoms with E-state index < -0.39 is 0 Å². The molecule has 1 nitrogen and oxygen atoms in total. The Morgan fingerprint density at radius 1 is 1.88 bits per heavy atom. The van der Waals surface area contributed by atoms with Crippen molar-refractivity contribution in [1.29, 1.82) is 0 Å². The molecule has 0 aromatic carbocycles. The van der Waals surface area contributed by atoms with E-state index in [0.717, 1.165) is 12.2 Å². The maximum Gasteiger partial charge on any atom is 0.169 e. The molecule has 1 aromatic heterocycles. The molecular formula is C7H7O. The van der Waals surface area contributed by atoms with E-state index in [4.69, 9.17) is 4.42 Å². The molecule has 1 heterocycles. The molecule has 41 valence electrons. The summed E-state index contributed by atoms with van der Waals surface area (Å²) < 4.78 is 4.88. The highest BCUT2D eigenvalue weighted by atomic mass is 16.3. The van der Waals surface area contributed by atoms with Crippen molar-refractivity contribution in [2.75, 3.05) is 0 Å². The fourth-order valence-corrected chi connectivity index (χ4v) is 0.523. The summed E-state index contributed by atoms with van der Waals surface area (Å²) in [5, 5.41) is 0. The van der Waals surface area contributed by atoms with Gasteiger partial charge in [-0.1, -0.05) is 6.08 Å². The number of hydrogen-bond acceptors (Lipinski definition) is 1. The molecule has 0 aliphatic heterocycles. The van der Waals surface area contributed by atoms with Gasteiger partial charge in [-0.15, -0.1) is 6.58 Å². The highest BCUT2D eigenvalue weighted by molar-refractivity contribution is 5.00. The highest BCUT2D eigenvalue weighted by Crippen LogP contribution is 1.98. The summed E-state index contributed by atoms with van der Waals surface area (Å²) in [7, 11) is 0. The van der Waals surface area contributed by atoms with E-state index in [9.17, 15) is 0 Å². The lowest BCUT2D eigenvalue weighted by Gasteiger charge is -1.81. The summed E-state index contributed by atoms with van der Waals surface area (Å²) in [6.45, 7) is 3.56. The highest BCUT2D eigenvalue weighted by Gasteiger charge is 1.87. The van der Waals surface area contributed by atoms with Crippen molar-refractivity contribution in [3.05, 3.63) is 36.8 Å². The predicted molar refractivity (Wildman–Crippen MR) is 31.4 cm³/mol. The van der Waals surface area contributed by atoms with Gasteiger partial charge in [0.05, 0.1) is 0 Å². The van der Waals surface area contributed by atoms with E-state index in [1.807, 2.05) is 6.07 Å². The van der Waals surface area contributed by atoms with Gasteiger partial charge in [-0.3, -0.25) is 0 Å². The molecule has 0 saturated carbocycles. The SMILES string of the molecule is C=CCc1cc[c]o1. The summed E-state index contributed by atoms with van der Waals surface area (Å²) in [5.74, 6) is 0.917. The Bertz CT molecular complexity index is 151. The van der Waals surface area contributed by atoms with Crippen molar-refractivity contribution < 1.29 is 4.42 Å². The molecule has 0 unspecified atom stereocenters. The van der Waals surface area contributed by atoms with E-state index >= 15 is 0 Å². The molecule has 0 aliphatic carbocycles. The Labute approximate surface area is 48.6 Å². The van der Waals surface area contributed by atoms with Crippen LogP contribution in [0.25, 0.3) is 0 Å². The molecule has 1 aromatic rings. The molecule has 1 rings (SSSR count). The minimum Gasteiger partial charge on any atom is -0.457 e. The van der Waals surface area contributed by atoms with Crippen molar-refractivity contribution in [1.82, 2.24) is 0 Å². The first-order chi connectivity index (χ1) is 3.93. The van der Waals surface area contributed by atoms with Gasteiger partial charge in [-0.2, -0.15) is 0 Å². The third-order valence-corrected chi connectivity index (χ3v) is 0.873. The minimum absolute atomic E-state index is 0.795. The van der Waals surface area contributed by atoms with Gasteiger partial charge in [0, 0.05) is 6.42 Å². The average molecular weight is 107 g/mol. The number of allylic oxidation sites excluding steroid dienone is 1. The summed E-state index contributed by atoms with van der Waals surface area (Å²) in [6.07, 6.45) is 5.19. The van der Waals surface area contributed by atoms with Gasteiger partial charge in [0.1, 0.15) is 5.76 Å². The second-order valence-corrected chi connectivity index (χ2v) is 1.51. The molecule has 0 saturated heterocycles. The smallest absolute Gasteiger partial charge is 0.169 e. The summed E-state index contributed by atoms with van der Waals surface area (Å²) in [6, 6.07) is 3.63. The van der Waals surface area contributed by atoms with Crippen LogP contribution in [-0.4, -0.2) is 0 Å². The first-order valence-corrected chi connectivity index (χ1v) is 2.49. The maximum absolute atomic E-state index is 4.88. The van der Waals surface area contributed by atoms with E-state index in [1.54, 1.807) is 12.1 Å². The fourth-order valence-electron chi connectivity index (χ4n) is 0.523. The lowest BCUT2D eigenvalue weighted by atomic mass is 10.3. The Balaban J connectivity index is 2.62. The van der Waals surface area contributed by atoms with E-state index in [1.165, 1.54) is 0 Å². The van der Waals surface area contributed by atoms with Crippen molar-refractivity contribution in [3.63, 3.8) is 0 Å². The summed E-state index contributed by atoms with van der Waals surface area (Å²) in [4.78, 5) is 0. The molecule has 8 heavy (non-hydrogen) atoms. The number of rotatable bonds is 2. The van der Waals surface area contributed by atoms with Crippen LogP contribution < -0.4 is 0 Å². The van der Waals surface area contributed by atoms with Crippen LogP contribution in [0.1, 0.15) is 5.76 Å². The molecule has 0 fully saturated rings. The molecule has 1 heteroatoms. The van der Waals surface area contributed by atoms with Gasteiger partial charge in [-0.25, -0.2) is 0 Å². The van der Waals surface area contributed by atoms with Crippen LogP contribution in [0.5, 0.6) is 0 Å². The van der Waals surface area contributed by atoms with Gasteiger partial charge in [0.2, 0.25) is 0 Å². The van der Waals surface area contributed by atoms with Gasteiger partial charge < -0.3 is 4.42 Å². The quantitative estimate of drug-likeness (QED) is 0.525. The summed E-state index contributed by atoms with van der Waals surface area (Å²) >= 11 is 0. The Kier molecular flexibility index (Phi) is 1.52. The molecule has 0 aliphatic rings. The van der Waals surface area contributed by atoms with Crippen molar-refractivity contribution >= 4 is 0 Å². The van der Waals surface area contributed by atoms with E-state index in [2.05, 4.69) is 12.8 Å². The van der Waals surface area contributed by atoms with Gasteiger partial charge in [0.15, 0.2) is 6.26 Å². The first kappa shape index (κ1) is 5.16. The monoisotopic (exact) mass is 107 g/mol. The maximum atomic E-state index is 4.88. The Morgan fingerprint density at radius 2 is 2.75 bits per heavy atom. The normalized spacial score (nSPS) is 9.00. The van der Waals surface area contributed by atoms with Crippen LogP contribution in [0.3, 0.4) is 0 Å². The molecular weight excluding hydrogens is 100 g/mol. The Hall–Kier alpha value is -0.980. The van der Waals surface area contributed by atoms with Crippen LogP contribution in [0.4, 0.5) is 0 Å². The third kappa shape index (κ3) is 0.997. The third-order valence-electron chi connectivity index (χ3n) is 0.873. The van der Waals surface area contributed by atoms with Crippen LogP contribution >= 0.6 is 0 Å². The second kappa shape index (κ2) is 2.36. The lowest BCUT2D eigenvalue weighted by Crippen LogP contribution is -1.69. The largest absolute Gasteiger partial charge is 0.457 e. The number of furan rings is 1. The van der Waals surface area contributed by atoms with Crippen molar-refractivity contribution in [3.8, 4) is 0 Å². The van der Waals surface area contributed by atoms with E-state index in [-0.39, 0.29) is 0 Å². The van der Waals surface area contributed by atoms with E-state index in [0.29, 0.717) is 0 Å². The zero-order valence-electron chi connectivity index (χ0n) is 4.55. The van der Waals surface area contributed by atoms with Crippen LogP contribution in [-0.2, 0) is 6.42 Å². The zero-order chi connectivity index (χ0) is 5.82. The predicted octanol–water partition coefficient (Wildman–Crippen LogP) is 1.81. The van der Waals surface area contributed by atoms with Gasteiger partial charge in [-0.05, 0) is 12.1 Å². The van der Waals surface area contributed by atoms with Gasteiger partial charge in [0.25, 0.3) is 0 Å². The molecule has 0 spiro atoms. The van der Waals surface area contributed by atoms with Crippen LogP contribution in [0.2, 0.25) is 0 Å². The van der Waals surface area contributed by atoms with Crippen LogP contribution in [0, 0.1) is 6.26 Å². The number of hydrogen-bond donors (Lipinski definition) is 0. The van der Waals surface area contributed by atoms with Crippen molar-refractivity contribution in [2.24, 2.45) is 0 Å². The first-order valence-electron chi connectivity index (χ1n) is 2.49. The molecule has 0 N–H and O–H groups in total. The standard InChI is InChI=1S/C7H7O/c1-2-4-7-5-3-6-8-7/h2-3,5H,1,4H2. The minimum atomic E-state index is 0.795. The molecule has 0 amide bonds. The lowest BCUT2D eigenvalue weighted by molar-refractivity contribution is 0.515. The molecule has 0 atom stereocenters. The second-order valence-electron chi connectivity index (χ2n) is 1.51. The average Bonchev–Trinajstić information content (AvgIpc) is 2.19. The van der Waals surface area contributed by atoms with Crippen molar-refractivity contribution in [2.45, 2.75) is 6.42 Å². The molecule has 0 bridgehead atoms. The Morgan fingerprint density at radius 3 is 3.25 bits per heavy atom.